The van der Waals surface area contributed by atoms with Crippen molar-refractivity contribution < 1.29 is 5.11 Å². The van der Waals surface area contributed by atoms with E-state index in [-0.39, 0.29) is 6.10 Å². The van der Waals surface area contributed by atoms with Crippen molar-refractivity contribution in [3.63, 3.8) is 0 Å². The monoisotopic (exact) mass is 288 g/mol. The fourth-order valence-corrected chi connectivity index (χ4v) is 3.15. The fraction of sp³-hybridized carbons (Fsp3) is 0.444. The highest BCUT2D eigenvalue weighted by Gasteiger charge is 2.07. The van der Waals surface area contributed by atoms with Gasteiger partial charge in [-0.1, -0.05) is 69.4 Å². The molecular formula is C18H24OS. The molecule has 20 heavy (non-hydrogen) atoms. The third kappa shape index (κ3) is 4.46. The Morgan fingerprint density at radius 1 is 1.00 bits per heavy atom. The first kappa shape index (κ1) is 15.3. The van der Waals surface area contributed by atoms with Crippen LogP contribution in [0.15, 0.2) is 41.8 Å². The molecule has 1 nitrogen and oxygen atoms in total. The number of unbranched alkanes of at least 4 members (excludes halogenated alkanes) is 4. The molecule has 0 saturated heterocycles. The molecule has 2 rings (SSSR count). The number of hydrogen-bond acceptors (Lipinski definition) is 2. The molecule has 0 aliphatic heterocycles. The summed E-state index contributed by atoms with van der Waals surface area (Å²) in [4.78, 5) is 1.28. The van der Waals surface area contributed by atoms with E-state index in [1.807, 2.05) is 0 Å². The van der Waals surface area contributed by atoms with Gasteiger partial charge in [-0.05, 0) is 29.0 Å². The fourth-order valence-electron chi connectivity index (χ4n) is 2.42. The standard InChI is InChI=1S/C18H24OS/c1-2-3-4-5-6-8-17(19)15-10-12-16(13-11-15)18-9-7-14-20-18/h7,9-14,17,19H,2-6,8H2,1H3. The Morgan fingerprint density at radius 2 is 1.75 bits per heavy atom. The van der Waals surface area contributed by atoms with Crippen molar-refractivity contribution in [2.45, 2.75) is 51.6 Å². The molecule has 2 aromatic rings. The van der Waals surface area contributed by atoms with Crippen LogP contribution in [-0.4, -0.2) is 5.11 Å². The van der Waals surface area contributed by atoms with Gasteiger partial charge in [-0.2, -0.15) is 0 Å². The molecule has 2 heteroatoms. The lowest BCUT2D eigenvalue weighted by molar-refractivity contribution is 0.163. The Morgan fingerprint density at radius 3 is 2.40 bits per heavy atom. The number of rotatable bonds is 8. The van der Waals surface area contributed by atoms with Gasteiger partial charge in [0.15, 0.2) is 0 Å². The molecule has 0 saturated carbocycles. The predicted octanol–water partition coefficient (Wildman–Crippen LogP) is 5.81. The number of aliphatic hydroxyl groups is 1. The van der Waals surface area contributed by atoms with E-state index in [0.717, 1.165) is 18.4 Å². The average molecular weight is 288 g/mol. The maximum Gasteiger partial charge on any atom is 0.0790 e. The minimum atomic E-state index is -0.311. The summed E-state index contributed by atoms with van der Waals surface area (Å²) in [6.45, 7) is 2.23. The molecule has 0 amide bonds. The third-order valence-corrected chi connectivity index (χ3v) is 4.60. The van der Waals surface area contributed by atoms with Crippen molar-refractivity contribution in [1.82, 2.24) is 0 Å². The quantitative estimate of drug-likeness (QED) is 0.608. The van der Waals surface area contributed by atoms with Gasteiger partial charge in [0.25, 0.3) is 0 Å². The summed E-state index contributed by atoms with van der Waals surface area (Å²) in [6.07, 6.45) is 6.79. The van der Waals surface area contributed by atoms with E-state index in [0.29, 0.717) is 0 Å². The molecule has 0 radical (unpaired) electrons. The number of thiophene rings is 1. The van der Waals surface area contributed by atoms with Crippen LogP contribution in [-0.2, 0) is 0 Å². The normalized spacial score (nSPS) is 12.5. The predicted molar refractivity (Wildman–Crippen MR) is 88.1 cm³/mol. The van der Waals surface area contributed by atoms with Crippen molar-refractivity contribution in [2.75, 3.05) is 0 Å². The zero-order valence-electron chi connectivity index (χ0n) is 12.2. The van der Waals surface area contributed by atoms with E-state index >= 15 is 0 Å². The Hall–Kier alpha value is -1.12. The highest BCUT2D eigenvalue weighted by atomic mass is 32.1. The van der Waals surface area contributed by atoms with Gasteiger partial charge < -0.3 is 5.11 Å². The Bertz CT molecular complexity index is 473. The summed E-state index contributed by atoms with van der Waals surface area (Å²) in [5.74, 6) is 0. The molecule has 1 N–H and O–H groups in total. The van der Waals surface area contributed by atoms with Crippen LogP contribution in [0.4, 0.5) is 0 Å². The van der Waals surface area contributed by atoms with Crippen LogP contribution in [0.2, 0.25) is 0 Å². The van der Waals surface area contributed by atoms with Gasteiger partial charge >= 0.3 is 0 Å². The second kappa shape index (κ2) is 8.23. The molecule has 0 aliphatic rings. The van der Waals surface area contributed by atoms with Crippen molar-refractivity contribution in [1.29, 1.82) is 0 Å². The molecule has 0 aliphatic carbocycles. The van der Waals surface area contributed by atoms with E-state index in [4.69, 9.17) is 0 Å². The van der Waals surface area contributed by atoms with Gasteiger partial charge in [0.05, 0.1) is 6.10 Å². The maximum absolute atomic E-state index is 10.2. The molecule has 108 valence electrons. The molecule has 1 aromatic heterocycles. The molecule has 0 bridgehead atoms. The van der Waals surface area contributed by atoms with Crippen LogP contribution < -0.4 is 0 Å². The SMILES string of the molecule is CCCCCCCC(O)c1ccc(-c2cccs2)cc1. The van der Waals surface area contributed by atoms with Crippen LogP contribution in [0.3, 0.4) is 0 Å². The zero-order chi connectivity index (χ0) is 14.2. The van der Waals surface area contributed by atoms with Crippen molar-refractivity contribution >= 4 is 11.3 Å². The number of benzene rings is 1. The summed E-state index contributed by atoms with van der Waals surface area (Å²) < 4.78 is 0. The van der Waals surface area contributed by atoms with Gasteiger partial charge in [-0.3, -0.25) is 0 Å². The first-order valence-corrected chi connectivity index (χ1v) is 8.51. The Labute approximate surface area is 126 Å². The van der Waals surface area contributed by atoms with Crippen molar-refractivity contribution in [3.05, 3.63) is 47.3 Å². The molecule has 1 heterocycles. The van der Waals surface area contributed by atoms with Gasteiger partial charge in [0, 0.05) is 4.88 Å². The summed E-state index contributed by atoms with van der Waals surface area (Å²) in [7, 11) is 0. The molecule has 1 aromatic carbocycles. The van der Waals surface area contributed by atoms with Crippen LogP contribution >= 0.6 is 11.3 Å². The topological polar surface area (TPSA) is 20.2 Å². The molecule has 1 unspecified atom stereocenters. The first-order valence-electron chi connectivity index (χ1n) is 7.63. The summed E-state index contributed by atoms with van der Waals surface area (Å²) in [6, 6.07) is 12.5. The number of hydrogen-bond donors (Lipinski definition) is 1. The lowest BCUT2D eigenvalue weighted by atomic mass is 10.0. The van der Waals surface area contributed by atoms with Gasteiger partial charge in [0.2, 0.25) is 0 Å². The summed E-state index contributed by atoms with van der Waals surface area (Å²) >= 11 is 1.75. The summed E-state index contributed by atoms with van der Waals surface area (Å²) in [5, 5.41) is 12.3. The second-order valence-corrected chi connectivity index (χ2v) is 6.27. The third-order valence-electron chi connectivity index (χ3n) is 3.68. The first-order chi connectivity index (χ1) is 9.81. The highest BCUT2D eigenvalue weighted by Crippen LogP contribution is 2.27. The van der Waals surface area contributed by atoms with E-state index in [1.54, 1.807) is 11.3 Å². The van der Waals surface area contributed by atoms with Crippen LogP contribution in [0.25, 0.3) is 10.4 Å². The lowest BCUT2D eigenvalue weighted by Gasteiger charge is -2.11. The van der Waals surface area contributed by atoms with E-state index < -0.39 is 0 Å². The van der Waals surface area contributed by atoms with Gasteiger partial charge in [-0.25, -0.2) is 0 Å². The largest absolute Gasteiger partial charge is 0.388 e. The average Bonchev–Trinajstić information content (AvgIpc) is 3.01. The van der Waals surface area contributed by atoms with Crippen molar-refractivity contribution in [2.24, 2.45) is 0 Å². The van der Waals surface area contributed by atoms with E-state index in [9.17, 15) is 5.11 Å². The highest BCUT2D eigenvalue weighted by molar-refractivity contribution is 7.13. The van der Waals surface area contributed by atoms with Gasteiger partial charge in [0.1, 0.15) is 0 Å². The Balaban J connectivity index is 1.83. The smallest absolute Gasteiger partial charge is 0.0790 e. The van der Waals surface area contributed by atoms with Crippen LogP contribution in [0.5, 0.6) is 0 Å². The van der Waals surface area contributed by atoms with Crippen molar-refractivity contribution in [3.8, 4) is 10.4 Å². The molecule has 1 atom stereocenters. The van der Waals surface area contributed by atoms with Crippen LogP contribution in [0, 0.1) is 0 Å². The molecular weight excluding hydrogens is 264 g/mol. The van der Waals surface area contributed by atoms with Gasteiger partial charge in [-0.15, -0.1) is 11.3 Å². The minimum Gasteiger partial charge on any atom is -0.388 e. The van der Waals surface area contributed by atoms with Crippen LogP contribution in [0.1, 0.15) is 57.1 Å². The second-order valence-electron chi connectivity index (χ2n) is 5.32. The van der Waals surface area contributed by atoms with E-state index in [2.05, 4.69) is 48.7 Å². The molecule has 0 fully saturated rings. The zero-order valence-corrected chi connectivity index (χ0v) is 13.0. The maximum atomic E-state index is 10.2. The Kier molecular flexibility index (Phi) is 6.28. The lowest BCUT2D eigenvalue weighted by Crippen LogP contribution is -1.97. The van der Waals surface area contributed by atoms with E-state index in [1.165, 1.54) is 36.1 Å². The molecule has 0 spiro atoms. The number of aliphatic hydroxyl groups excluding tert-OH is 1. The summed E-state index contributed by atoms with van der Waals surface area (Å²) in [5.41, 5.74) is 2.28. The minimum absolute atomic E-state index is 0.311.